The van der Waals surface area contributed by atoms with E-state index in [0.29, 0.717) is 0 Å². The molecule has 0 aliphatic rings. The molecule has 0 bridgehead atoms. The van der Waals surface area contributed by atoms with E-state index in [1.807, 2.05) is 0 Å². The van der Waals surface area contributed by atoms with Crippen LogP contribution in [0.15, 0.2) is 36.4 Å². The Bertz CT molecular complexity index is 872. The Kier molecular flexibility index (Phi) is 5.13. The average molecular weight is 377 g/mol. The van der Waals surface area contributed by atoms with Gasteiger partial charge in [-0.25, -0.2) is 12.8 Å². The van der Waals surface area contributed by atoms with E-state index >= 15 is 0 Å². The zero-order chi connectivity index (χ0) is 17.2. The van der Waals surface area contributed by atoms with Gasteiger partial charge in [-0.3, -0.25) is 9.52 Å². The van der Waals surface area contributed by atoms with E-state index in [9.17, 15) is 17.6 Å². The molecule has 0 unspecified atom stereocenters. The summed E-state index contributed by atoms with van der Waals surface area (Å²) in [5, 5.41) is 2.90. The van der Waals surface area contributed by atoms with Gasteiger partial charge >= 0.3 is 0 Å². The topological polar surface area (TPSA) is 75.3 Å². The molecule has 0 aromatic heterocycles. The molecule has 0 atom stereocenters. The molecular weight excluding hydrogens is 366 g/mol. The number of hydrogen-bond acceptors (Lipinski definition) is 3. The Labute approximate surface area is 142 Å². The maximum absolute atomic E-state index is 13.4. The minimum atomic E-state index is -3.59. The van der Waals surface area contributed by atoms with E-state index in [-0.39, 0.29) is 27.0 Å². The van der Waals surface area contributed by atoms with Gasteiger partial charge in [-0.15, -0.1) is 0 Å². The summed E-state index contributed by atoms with van der Waals surface area (Å²) in [7, 11) is -3.59. The molecule has 0 fully saturated rings. The van der Waals surface area contributed by atoms with Crippen molar-refractivity contribution in [3.05, 3.63) is 57.8 Å². The quantitative estimate of drug-likeness (QED) is 0.852. The highest BCUT2D eigenvalue weighted by molar-refractivity contribution is 7.92. The Balaban J connectivity index is 2.33. The fourth-order valence-electron chi connectivity index (χ4n) is 1.74. The number of amides is 1. The average Bonchev–Trinajstić information content (AvgIpc) is 2.43. The predicted molar refractivity (Wildman–Crippen MR) is 89.3 cm³/mol. The second kappa shape index (κ2) is 6.74. The first-order valence-corrected chi connectivity index (χ1v) is 8.84. The zero-order valence-corrected chi connectivity index (χ0v) is 14.1. The number of halogens is 3. The molecule has 2 aromatic rings. The molecule has 2 rings (SSSR count). The normalized spacial score (nSPS) is 11.1. The van der Waals surface area contributed by atoms with Crippen LogP contribution >= 0.6 is 23.2 Å². The second-order valence-electron chi connectivity index (χ2n) is 4.65. The second-order valence-corrected chi connectivity index (χ2v) is 7.21. The van der Waals surface area contributed by atoms with Crippen LogP contribution in [0.4, 0.5) is 15.8 Å². The van der Waals surface area contributed by atoms with Crippen LogP contribution in [0.1, 0.15) is 10.4 Å². The lowest BCUT2D eigenvalue weighted by Gasteiger charge is -2.12. The number of anilines is 2. The molecule has 0 aliphatic carbocycles. The maximum atomic E-state index is 13.4. The van der Waals surface area contributed by atoms with Crippen molar-refractivity contribution in [3.63, 3.8) is 0 Å². The fraction of sp³-hybridized carbons (Fsp3) is 0.0714. The van der Waals surface area contributed by atoms with E-state index in [2.05, 4.69) is 10.0 Å². The summed E-state index contributed by atoms with van der Waals surface area (Å²) < 4.78 is 38.2. The molecule has 5 nitrogen and oxygen atoms in total. The van der Waals surface area contributed by atoms with Crippen LogP contribution in [0.5, 0.6) is 0 Å². The molecular formula is C14H11Cl2FN2O3S. The highest BCUT2D eigenvalue weighted by Gasteiger charge is 2.13. The summed E-state index contributed by atoms with van der Waals surface area (Å²) in [6.45, 7) is 0. The largest absolute Gasteiger partial charge is 0.320 e. The number of hydrogen-bond donors (Lipinski definition) is 2. The smallest absolute Gasteiger partial charge is 0.255 e. The molecule has 0 aliphatic heterocycles. The van der Waals surface area contributed by atoms with Crippen LogP contribution in [0.2, 0.25) is 10.0 Å². The SMILES string of the molecule is CS(=O)(=O)Nc1ccc(F)cc1NC(=O)c1ccc(Cl)c(Cl)c1. The molecule has 2 N–H and O–H groups in total. The van der Waals surface area contributed by atoms with Gasteiger partial charge < -0.3 is 5.32 Å². The summed E-state index contributed by atoms with van der Waals surface area (Å²) in [5.41, 5.74) is 0.211. The lowest BCUT2D eigenvalue weighted by molar-refractivity contribution is 0.102. The van der Waals surface area contributed by atoms with Gasteiger partial charge in [0.2, 0.25) is 10.0 Å². The number of rotatable bonds is 4. The minimum absolute atomic E-state index is 0.0218. The first-order chi connectivity index (χ1) is 10.7. The van der Waals surface area contributed by atoms with Gasteiger partial charge in [0.25, 0.3) is 5.91 Å². The Morgan fingerprint density at radius 2 is 1.74 bits per heavy atom. The first-order valence-electron chi connectivity index (χ1n) is 6.19. The number of carbonyl (C=O) groups is 1. The number of nitrogens with one attached hydrogen (secondary N) is 2. The van der Waals surface area contributed by atoms with Crippen molar-refractivity contribution in [2.45, 2.75) is 0 Å². The summed E-state index contributed by atoms with van der Waals surface area (Å²) in [4.78, 5) is 12.2. The third kappa shape index (κ3) is 4.82. The summed E-state index contributed by atoms with van der Waals surface area (Å²) in [6, 6.07) is 7.51. The standard InChI is InChI=1S/C14H11Cl2FN2O3S/c1-23(21,22)19-12-5-3-9(17)7-13(12)18-14(20)8-2-4-10(15)11(16)6-8/h2-7,19H,1H3,(H,18,20). The third-order valence-electron chi connectivity index (χ3n) is 2.71. The van der Waals surface area contributed by atoms with Crippen LogP contribution in [0, 0.1) is 5.82 Å². The third-order valence-corrected chi connectivity index (χ3v) is 4.04. The monoisotopic (exact) mass is 376 g/mol. The van der Waals surface area contributed by atoms with Crippen molar-refractivity contribution in [3.8, 4) is 0 Å². The zero-order valence-electron chi connectivity index (χ0n) is 11.7. The van der Waals surface area contributed by atoms with E-state index in [1.165, 1.54) is 24.3 Å². The molecule has 122 valence electrons. The van der Waals surface area contributed by atoms with Gasteiger partial charge in [0.05, 0.1) is 27.7 Å². The van der Waals surface area contributed by atoms with Gasteiger partial charge in [-0.05, 0) is 36.4 Å². The lowest BCUT2D eigenvalue weighted by atomic mass is 10.2. The Hall–Kier alpha value is -1.83. The lowest BCUT2D eigenvalue weighted by Crippen LogP contribution is -2.16. The van der Waals surface area contributed by atoms with Crippen LogP contribution < -0.4 is 10.0 Å². The Morgan fingerprint density at radius 3 is 2.35 bits per heavy atom. The van der Waals surface area contributed by atoms with Gasteiger partial charge in [-0.1, -0.05) is 23.2 Å². The molecule has 0 heterocycles. The van der Waals surface area contributed by atoms with Crippen LogP contribution in [0.25, 0.3) is 0 Å². The molecule has 0 radical (unpaired) electrons. The van der Waals surface area contributed by atoms with Crippen molar-refractivity contribution in [2.75, 3.05) is 16.3 Å². The van der Waals surface area contributed by atoms with Crippen molar-refractivity contribution < 1.29 is 17.6 Å². The number of sulfonamides is 1. The van der Waals surface area contributed by atoms with Crippen LogP contribution in [-0.2, 0) is 10.0 Å². The fourth-order valence-corrected chi connectivity index (χ4v) is 2.62. The molecule has 2 aromatic carbocycles. The first kappa shape index (κ1) is 17.5. The van der Waals surface area contributed by atoms with Crippen molar-refractivity contribution >= 4 is 50.5 Å². The van der Waals surface area contributed by atoms with Crippen LogP contribution in [0.3, 0.4) is 0 Å². The minimum Gasteiger partial charge on any atom is -0.320 e. The highest BCUT2D eigenvalue weighted by atomic mass is 35.5. The van der Waals surface area contributed by atoms with E-state index in [0.717, 1.165) is 18.4 Å². The molecule has 1 amide bonds. The highest BCUT2D eigenvalue weighted by Crippen LogP contribution is 2.26. The summed E-state index contributed by atoms with van der Waals surface area (Å²) in [5.74, 6) is -1.22. The Morgan fingerprint density at radius 1 is 1.04 bits per heavy atom. The molecule has 0 saturated carbocycles. The van der Waals surface area contributed by atoms with Crippen molar-refractivity contribution in [1.29, 1.82) is 0 Å². The van der Waals surface area contributed by atoms with Gasteiger partial charge in [0.1, 0.15) is 5.82 Å². The van der Waals surface area contributed by atoms with Gasteiger partial charge in [0, 0.05) is 5.56 Å². The summed E-state index contributed by atoms with van der Waals surface area (Å²) >= 11 is 11.6. The molecule has 0 spiro atoms. The molecule has 9 heteroatoms. The molecule has 23 heavy (non-hydrogen) atoms. The van der Waals surface area contributed by atoms with Crippen molar-refractivity contribution in [2.24, 2.45) is 0 Å². The predicted octanol–water partition coefficient (Wildman–Crippen LogP) is 3.76. The molecule has 0 saturated heterocycles. The van der Waals surface area contributed by atoms with Gasteiger partial charge in [0.15, 0.2) is 0 Å². The number of benzene rings is 2. The summed E-state index contributed by atoms with van der Waals surface area (Å²) in [6.07, 6.45) is 0.945. The van der Waals surface area contributed by atoms with E-state index in [1.54, 1.807) is 0 Å². The van der Waals surface area contributed by atoms with E-state index < -0.39 is 21.7 Å². The van der Waals surface area contributed by atoms with Crippen molar-refractivity contribution in [1.82, 2.24) is 0 Å². The maximum Gasteiger partial charge on any atom is 0.255 e. The van der Waals surface area contributed by atoms with Gasteiger partial charge in [-0.2, -0.15) is 0 Å². The van der Waals surface area contributed by atoms with E-state index in [4.69, 9.17) is 23.2 Å². The number of carbonyl (C=O) groups excluding carboxylic acids is 1. The van der Waals surface area contributed by atoms with Crippen LogP contribution in [-0.4, -0.2) is 20.6 Å².